The van der Waals surface area contributed by atoms with Gasteiger partial charge in [0.2, 0.25) is 0 Å². The molecule has 0 saturated carbocycles. The molecular weight excluding hydrogens is 334 g/mol. The monoisotopic (exact) mass is 355 g/mol. The van der Waals surface area contributed by atoms with Gasteiger partial charge in [-0.1, -0.05) is 29.8 Å². The van der Waals surface area contributed by atoms with Crippen LogP contribution in [0.4, 0.5) is 0 Å². The van der Waals surface area contributed by atoms with Crippen LogP contribution >= 0.6 is 11.6 Å². The summed E-state index contributed by atoms with van der Waals surface area (Å²) in [4.78, 5) is 13.2. The summed E-state index contributed by atoms with van der Waals surface area (Å²) >= 11 is 5.96. The van der Waals surface area contributed by atoms with Gasteiger partial charge in [0.15, 0.2) is 5.78 Å². The molecule has 0 spiro atoms. The van der Waals surface area contributed by atoms with Crippen molar-refractivity contribution in [2.75, 3.05) is 13.7 Å². The zero-order valence-corrected chi connectivity index (χ0v) is 15.5. The Morgan fingerprint density at radius 2 is 1.84 bits per heavy atom. The number of carbonyl (C=O) groups excluding carboxylic acids is 1. The van der Waals surface area contributed by atoms with Crippen molar-refractivity contribution in [1.82, 2.24) is 4.57 Å². The Bertz CT molecular complexity index is 896. The Labute approximate surface area is 153 Å². The maximum absolute atomic E-state index is 13.2. The third kappa shape index (κ3) is 3.35. The third-order valence-electron chi connectivity index (χ3n) is 4.67. The van der Waals surface area contributed by atoms with Gasteiger partial charge in [0.1, 0.15) is 0 Å². The highest BCUT2D eigenvalue weighted by Gasteiger charge is 2.22. The molecule has 0 aliphatic heterocycles. The Balaban J connectivity index is 2.13. The van der Waals surface area contributed by atoms with E-state index >= 15 is 0 Å². The average Bonchev–Trinajstić information content (AvgIpc) is 2.91. The van der Waals surface area contributed by atoms with E-state index in [1.165, 1.54) is 0 Å². The van der Waals surface area contributed by atoms with Crippen LogP contribution in [0.25, 0.3) is 10.9 Å². The molecule has 25 heavy (non-hydrogen) atoms. The number of benzene rings is 2. The van der Waals surface area contributed by atoms with E-state index in [-0.39, 0.29) is 11.8 Å². The largest absolute Gasteiger partial charge is 0.385 e. The minimum Gasteiger partial charge on any atom is -0.385 e. The molecule has 2 aromatic carbocycles. The van der Waals surface area contributed by atoms with Gasteiger partial charge in [-0.15, -0.1) is 0 Å². The normalized spacial score (nSPS) is 12.5. The number of ketones is 1. The second-order valence-corrected chi connectivity index (χ2v) is 6.75. The summed E-state index contributed by atoms with van der Waals surface area (Å²) in [7, 11) is 1.71. The molecule has 3 aromatic rings. The molecule has 0 saturated heterocycles. The van der Waals surface area contributed by atoms with Gasteiger partial charge in [0, 0.05) is 46.9 Å². The fraction of sp³-hybridized carbons (Fsp3) is 0.286. The SMILES string of the molecule is COCCC(C)n1c(C)c(C(=O)c2ccc(Cl)cc2)c2ccccc21. The Morgan fingerprint density at radius 1 is 1.16 bits per heavy atom. The van der Waals surface area contributed by atoms with Crippen LogP contribution in [-0.4, -0.2) is 24.1 Å². The molecule has 130 valence electrons. The van der Waals surface area contributed by atoms with Crippen LogP contribution in [0.1, 0.15) is 41.0 Å². The van der Waals surface area contributed by atoms with Crippen molar-refractivity contribution in [2.24, 2.45) is 0 Å². The smallest absolute Gasteiger partial charge is 0.195 e. The molecule has 0 bridgehead atoms. The van der Waals surface area contributed by atoms with Crippen LogP contribution in [0.2, 0.25) is 5.02 Å². The summed E-state index contributed by atoms with van der Waals surface area (Å²) < 4.78 is 7.48. The topological polar surface area (TPSA) is 31.2 Å². The summed E-state index contributed by atoms with van der Waals surface area (Å²) in [6.07, 6.45) is 0.893. The molecule has 0 aliphatic rings. The van der Waals surface area contributed by atoms with E-state index in [4.69, 9.17) is 16.3 Å². The second kappa shape index (κ2) is 7.42. The minimum atomic E-state index is 0.0306. The first-order valence-electron chi connectivity index (χ1n) is 8.43. The lowest BCUT2D eigenvalue weighted by atomic mass is 10.0. The molecule has 3 nitrogen and oxygen atoms in total. The van der Waals surface area contributed by atoms with Crippen LogP contribution in [0, 0.1) is 6.92 Å². The number of carbonyl (C=O) groups is 1. The van der Waals surface area contributed by atoms with Crippen molar-refractivity contribution >= 4 is 28.3 Å². The van der Waals surface area contributed by atoms with Gasteiger partial charge in [-0.3, -0.25) is 4.79 Å². The molecule has 1 heterocycles. The minimum absolute atomic E-state index is 0.0306. The number of nitrogens with zero attached hydrogens (tertiary/aromatic N) is 1. The van der Waals surface area contributed by atoms with Gasteiger partial charge in [0.25, 0.3) is 0 Å². The molecule has 1 atom stereocenters. The average molecular weight is 356 g/mol. The number of methoxy groups -OCH3 is 1. The molecule has 1 aromatic heterocycles. The number of rotatable bonds is 6. The van der Waals surface area contributed by atoms with Gasteiger partial charge in [0.05, 0.1) is 5.56 Å². The van der Waals surface area contributed by atoms with Crippen LogP contribution < -0.4 is 0 Å². The highest BCUT2D eigenvalue weighted by Crippen LogP contribution is 2.32. The van der Waals surface area contributed by atoms with E-state index in [2.05, 4.69) is 17.6 Å². The highest BCUT2D eigenvalue weighted by atomic mass is 35.5. The van der Waals surface area contributed by atoms with Crippen LogP contribution in [0.5, 0.6) is 0 Å². The Hall–Kier alpha value is -2.10. The quantitative estimate of drug-likeness (QED) is 0.552. The lowest BCUT2D eigenvalue weighted by Gasteiger charge is -2.17. The number of hydrogen-bond donors (Lipinski definition) is 0. The molecule has 0 fully saturated rings. The van der Waals surface area contributed by atoms with Crippen molar-refractivity contribution in [1.29, 1.82) is 0 Å². The van der Waals surface area contributed by atoms with E-state index in [0.29, 0.717) is 17.2 Å². The number of para-hydroxylation sites is 1. The van der Waals surface area contributed by atoms with Crippen LogP contribution in [0.3, 0.4) is 0 Å². The van der Waals surface area contributed by atoms with E-state index in [1.807, 2.05) is 25.1 Å². The van der Waals surface area contributed by atoms with Crippen molar-refractivity contribution in [3.8, 4) is 0 Å². The summed E-state index contributed by atoms with van der Waals surface area (Å²) in [5.74, 6) is 0.0306. The number of aromatic nitrogens is 1. The number of fused-ring (bicyclic) bond motifs is 1. The maximum atomic E-state index is 13.2. The van der Waals surface area contributed by atoms with Crippen molar-refractivity contribution in [3.05, 3.63) is 70.4 Å². The van der Waals surface area contributed by atoms with Gasteiger partial charge in [-0.25, -0.2) is 0 Å². The fourth-order valence-corrected chi connectivity index (χ4v) is 3.53. The van der Waals surface area contributed by atoms with Gasteiger partial charge < -0.3 is 9.30 Å². The van der Waals surface area contributed by atoms with E-state index in [9.17, 15) is 4.79 Å². The summed E-state index contributed by atoms with van der Waals surface area (Å²) in [5, 5.41) is 1.62. The predicted molar refractivity (Wildman–Crippen MR) is 103 cm³/mol. The molecular formula is C21H22ClNO2. The number of hydrogen-bond acceptors (Lipinski definition) is 2. The van der Waals surface area contributed by atoms with E-state index in [1.54, 1.807) is 31.4 Å². The summed E-state index contributed by atoms with van der Waals surface area (Å²) in [6.45, 7) is 4.87. The van der Waals surface area contributed by atoms with Crippen LogP contribution in [0.15, 0.2) is 48.5 Å². The van der Waals surface area contributed by atoms with Gasteiger partial charge >= 0.3 is 0 Å². The zero-order valence-electron chi connectivity index (χ0n) is 14.8. The van der Waals surface area contributed by atoms with Crippen molar-refractivity contribution in [2.45, 2.75) is 26.3 Å². The summed E-state index contributed by atoms with van der Waals surface area (Å²) in [6, 6.07) is 15.4. The standard InChI is InChI=1S/C21H22ClNO2/c1-14(12-13-25-3)23-15(2)20(18-6-4-5-7-19(18)23)21(24)16-8-10-17(22)11-9-16/h4-11,14H,12-13H2,1-3H3. The second-order valence-electron chi connectivity index (χ2n) is 6.31. The third-order valence-corrected chi connectivity index (χ3v) is 4.92. The molecule has 0 aliphatic carbocycles. The van der Waals surface area contributed by atoms with Gasteiger partial charge in [-0.2, -0.15) is 0 Å². The molecule has 0 radical (unpaired) electrons. The first kappa shape index (κ1) is 17.7. The predicted octanol–water partition coefficient (Wildman–Crippen LogP) is 5.43. The molecule has 4 heteroatoms. The first-order chi connectivity index (χ1) is 12.0. The molecule has 3 rings (SSSR count). The van der Waals surface area contributed by atoms with Crippen molar-refractivity contribution in [3.63, 3.8) is 0 Å². The van der Waals surface area contributed by atoms with E-state index in [0.717, 1.165) is 28.6 Å². The molecule has 0 amide bonds. The number of ether oxygens (including phenoxy) is 1. The molecule has 1 unspecified atom stereocenters. The maximum Gasteiger partial charge on any atom is 0.195 e. The lowest BCUT2D eigenvalue weighted by molar-refractivity contribution is 0.103. The summed E-state index contributed by atoms with van der Waals surface area (Å²) in [5.41, 5.74) is 3.49. The zero-order chi connectivity index (χ0) is 18.0. The van der Waals surface area contributed by atoms with Crippen LogP contribution in [-0.2, 0) is 4.74 Å². The Kier molecular flexibility index (Phi) is 5.26. The first-order valence-corrected chi connectivity index (χ1v) is 8.81. The lowest BCUT2D eigenvalue weighted by Crippen LogP contribution is -2.11. The number of halogens is 1. The fourth-order valence-electron chi connectivity index (χ4n) is 3.41. The molecule has 0 N–H and O–H groups in total. The van der Waals surface area contributed by atoms with E-state index < -0.39 is 0 Å². The van der Waals surface area contributed by atoms with Gasteiger partial charge in [-0.05, 0) is 50.6 Å². The van der Waals surface area contributed by atoms with Crippen molar-refractivity contribution < 1.29 is 9.53 Å². The highest BCUT2D eigenvalue weighted by molar-refractivity contribution is 6.30. The Morgan fingerprint density at radius 3 is 2.52 bits per heavy atom.